The van der Waals surface area contributed by atoms with E-state index >= 15 is 0 Å². The van der Waals surface area contributed by atoms with Crippen molar-refractivity contribution in [1.82, 2.24) is 15.3 Å². The zero-order chi connectivity index (χ0) is 20.5. The molecular weight excluding hydrogens is 369 g/mol. The third-order valence-corrected chi connectivity index (χ3v) is 4.94. The highest BCUT2D eigenvalue weighted by atomic mass is 19.4. The summed E-state index contributed by atoms with van der Waals surface area (Å²) in [6, 6.07) is 4.07. The predicted octanol–water partition coefficient (Wildman–Crippen LogP) is 3.08. The van der Waals surface area contributed by atoms with E-state index in [9.17, 15) is 13.2 Å². The van der Waals surface area contributed by atoms with Gasteiger partial charge in [-0.05, 0) is 32.0 Å². The topological polar surface area (TPSA) is 93.1 Å². The predicted molar refractivity (Wildman–Crippen MR) is 105 cm³/mol. The molecule has 0 aliphatic carbocycles. The minimum atomic E-state index is -4.52. The second kappa shape index (κ2) is 7.83. The summed E-state index contributed by atoms with van der Waals surface area (Å²) in [5, 5.41) is 3.26. The average Bonchev–Trinajstić information content (AvgIpc) is 3.10. The number of nitrogen functional groups attached to an aromatic ring is 2. The molecule has 1 aromatic heterocycles. The summed E-state index contributed by atoms with van der Waals surface area (Å²) in [5.74, 6) is 1.00. The van der Waals surface area contributed by atoms with E-state index in [1.807, 2.05) is 20.0 Å². The Bertz CT molecular complexity index is 829. The van der Waals surface area contributed by atoms with Crippen LogP contribution in [0.25, 0.3) is 11.4 Å². The van der Waals surface area contributed by atoms with Crippen LogP contribution < -0.4 is 21.7 Å². The summed E-state index contributed by atoms with van der Waals surface area (Å²) in [6.45, 7) is 3.68. The molecule has 1 aliphatic heterocycles. The fraction of sp³-hybridized carbons (Fsp3) is 0.474. The average molecular weight is 394 g/mol. The zero-order valence-corrected chi connectivity index (χ0v) is 16.0. The third kappa shape index (κ3) is 4.14. The molecule has 3 rings (SSSR count). The maximum atomic E-state index is 13.0. The number of aromatic nitrogens is 2. The molecule has 0 spiro atoms. The van der Waals surface area contributed by atoms with Crippen LogP contribution in [0.15, 0.2) is 18.2 Å². The summed E-state index contributed by atoms with van der Waals surface area (Å²) in [7, 11) is 1.92. The van der Waals surface area contributed by atoms with E-state index in [1.54, 1.807) is 0 Å². The lowest BCUT2D eigenvalue weighted by atomic mass is 10.0. The molecule has 0 radical (unpaired) electrons. The summed E-state index contributed by atoms with van der Waals surface area (Å²) in [4.78, 5) is 11.3. The molecule has 5 N–H and O–H groups in total. The van der Waals surface area contributed by atoms with Gasteiger partial charge in [-0.15, -0.1) is 0 Å². The van der Waals surface area contributed by atoms with Crippen molar-refractivity contribution < 1.29 is 13.2 Å². The van der Waals surface area contributed by atoms with Gasteiger partial charge in [0.05, 0.1) is 11.1 Å². The minimum absolute atomic E-state index is 0.0820. The maximum absolute atomic E-state index is 13.0. The van der Waals surface area contributed by atoms with E-state index in [4.69, 9.17) is 11.5 Å². The monoisotopic (exact) mass is 394 g/mol. The molecule has 0 saturated carbocycles. The molecule has 0 bridgehead atoms. The molecule has 0 amide bonds. The van der Waals surface area contributed by atoms with Crippen molar-refractivity contribution in [2.75, 3.05) is 36.5 Å². The Morgan fingerprint density at radius 2 is 1.86 bits per heavy atom. The number of likely N-dealkylation sites (N-methyl/N-ethyl adjacent to an activating group) is 1. The smallest absolute Gasteiger partial charge is 0.398 e. The molecule has 1 saturated heterocycles. The van der Waals surface area contributed by atoms with Crippen molar-refractivity contribution in [3.63, 3.8) is 0 Å². The van der Waals surface area contributed by atoms with Gasteiger partial charge in [0.2, 0.25) is 0 Å². The first-order valence-electron chi connectivity index (χ1n) is 9.29. The number of nitrogens with two attached hydrogens (primary N) is 2. The van der Waals surface area contributed by atoms with Gasteiger partial charge in [-0.25, -0.2) is 9.97 Å². The van der Waals surface area contributed by atoms with Crippen LogP contribution in [0.3, 0.4) is 0 Å². The summed E-state index contributed by atoms with van der Waals surface area (Å²) >= 11 is 0. The number of anilines is 3. The van der Waals surface area contributed by atoms with Crippen molar-refractivity contribution in [1.29, 1.82) is 0 Å². The number of halogens is 3. The highest BCUT2D eigenvalue weighted by Gasteiger charge is 2.32. The Kier molecular flexibility index (Phi) is 5.64. The number of hydrogen-bond acceptors (Lipinski definition) is 6. The summed E-state index contributed by atoms with van der Waals surface area (Å²) in [6.07, 6.45) is -1.92. The molecule has 2 aromatic rings. The van der Waals surface area contributed by atoms with Crippen LogP contribution in [0.1, 0.15) is 31.0 Å². The zero-order valence-electron chi connectivity index (χ0n) is 16.0. The largest absolute Gasteiger partial charge is 0.416 e. The Morgan fingerprint density at radius 1 is 1.18 bits per heavy atom. The van der Waals surface area contributed by atoms with Crippen molar-refractivity contribution >= 4 is 17.2 Å². The van der Waals surface area contributed by atoms with Crippen molar-refractivity contribution in [2.45, 2.75) is 38.4 Å². The maximum Gasteiger partial charge on any atom is 0.416 e. The number of aryl methyl sites for hydroxylation is 1. The number of hydrogen-bond donors (Lipinski definition) is 3. The fourth-order valence-electron chi connectivity index (χ4n) is 3.45. The Morgan fingerprint density at radius 3 is 2.39 bits per heavy atom. The van der Waals surface area contributed by atoms with Gasteiger partial charge in [-0.3, -0.25) is 0 Å². The fourth-order valence-corrected chi connectivity index (χ4v) is 3.45. The van der Waals surface area contributed by atoms with Crippen LogP contribution in [0.2, 0.25) is 0 Å². The van der Waals surface area contributed by atoms with E-state index in [2.05, 4.69) is 20.2 Å². The van der Waals surface area contributed by atoms with Crippen molar-refractivity contribution in [2.24, 2.45) is 0 Å². The van der Waals surface area contributed by atoms with E-state index in [0.717, 1.165) is 56.0 Å². The van der Waals surface area contributed by atoms with Gasteiger partial charge in [0.1, 0.15) is 5.82 Å². The first-order chi connectivity index (χ1) is 13.2. The molecule has 9 heteroatoms. The highest BCUT2D eigenvalue weighted by molar-refractivity contribution is 5.84. The van der Waals surface area contributed by atoms with Gasteiger partial charge in [0.15, 0.2) is 5.82 Å². The second-order valence-electron chi connectivity index (χ2n) is 7.04. The normalized spacial score (nSPS) is 17.3. The lowest BCUT2D eigenvalue weighted by Crippen LogP contribution is -2.30. The van der Waals surface area contributed by atoms with Crippen molar-refractivity contribution in [3.8, 4) is 11.4 Å². The molecule has 6 nitrogen and oxygen atoms in total. The number of benzene rings is 1. The standard InChI is InChI=1S/C19H25F3N6/c1-3-4-12-9-16(28-6-5-13(10-28)25-2)27-18(26-12)17-14(23)7-11(8-15(17)24)19(20,21)22/h7-9,13,25H,3-6,10,23-24H2,1-2H3. The van der Waals surface area contributed by atoms with Crippen LogP contribution in [0.5, 0.6) is 0 Å². The Hall–Kier alpha value is -2.55. The second-order valence-corrected chi connectivity index (χ2v) is 7.04. The van der Waals surface area contributed by atoms with Gasteiger partial charge in [0.25, 0.3) is 0 Å². The molecule has 152 valence electrons. The van der Waals surface area contributed by atoms with Crippen molar-refractivity contribution in [3.05, 3.63) is 29.5 Å². The number of nitrogens with zero attached hydrogens (tertiary/aromatic N) is 3. The van der Waals surface area contributed by atoms with E-state index in [1.165, 1.54) is 0 Å². The van der Waals surface area contributed by atoms with Crippen LogP contribution in [0, 0.1) is 0 Å². The highest BCUT2D eigenvalue weighted by Crippen LogP contribution is 2.38. The molecule has 1 aromatic carbocycles. The van der Waals surface area contributed by atoms with E-state index in [0.29, 0.717) is 6.04 Å². The number of rotatable bonds is 5. The number of alkyl halides is 3. The molecule has 28 heavy (non-hydrogen) atoms. The first kappa shape index (κ1) is 20.2. The third-order valence-electron chi connectivity index (χ3n) is 4.94. The van der Waals surface area contributed by atoms with Crippen LogP contribution in [-0.4, -0.2) is 36.1 Å². The first-order valence-corrected chi connectivity index (χ1v) is 9.29. The number of nitrogens with one attached hydrogen (secondary N) is 1. The van der Waals surface area contributed by atoms with E-state index in [-0.39, 0.29) is 22.8 Å². The molecule has 2 heterocycles. The Balaban J connectivity index is 2.06. The van der Waals surface area contributed by atoms with Gasteiger partial charge < -0.3 is 21.7 Å². The summed E-state index contributed by atoms with van der Waals surface area (Å²) in [5.41, 5.74) is 11.9. The molecule has 1 aliphatic rings. The molecular formula is C19H25F3N6. The lowest BCUT2D eigenvalue weighted by Gasteiger charge is -2.20. The Labute approximate surface area is 162 Å². The SMILES string of the molecule is CCCc1cc(N2CCC(NC)C2)nc(-c2c(N)cc(C(F)(F)F)cc2N)n1. The van der Waals surface area contributed by atoms with Gasteiger partial charge in [-0.1, -0.05) is 13.3 Å². The van der Waals surface area contributed by atoms with Gasteiger partial charge in [-0.2, -0.15) is 13.2 Å². The van der Waals surface area contributed by atoms with Gasteiger partial charge >= 0.3 is 6.18 Å². The van der Waals surface area contributed by atoms with Gasteiger partial charge in [0, 0.05) is 42.3 Å². The molecule has 1 unspecified atom stereocenters. The van der Waals surface area contributed by atoms with Crippen LogP contribution in [0.4, 0.5) is 30.4 Å². The quantitative estimate of drug-likeness (QED) is 0.675. The summed E-state index contributed by atoms with van der Waals surface area (Å²) < 4.78 is 39.1. The van der Waals surface area contributed by atoms with E-state index < -0.39 is 11.7 Å². The van der Waals surface area contributed by atoms with Crippen LogP contribution >= 0.6 is 0 Å². The van der Waals surface area contributed by atoms with Crippen LogP contribution in [-0.2, 0) is 12.6 Å². The molecule has 1 atom stereocenters. The molecule has 1 fully saturated rings. The lowest BCUT2D eigenvalue weighted by molar-refractivity contribution is -0.137. The minimum Gasteiger partial charge on any atom is -0.398 e.